The topological polar surface area (TPSA) is 45.2 Å². The third-order valence-electron chi connectivity index (χ3n) is 4.57. The van der Waals surface area contributed by atoms with Crippen molar-refractivity contribution in [2.45, 2.75) is 25.7 Å². The van der Waals surface area contributed by atoms with Crippen LogP contribution in [0.2, 0.25) is 0 Å². The summed E-state index contributed by atoms with van der Waals surface area (Å²) in [5.41, 5.74) is 2.45. The van der Waals surface area contributed by atoms with Crippen molar-refractivity contribution in [3.8, 4) is 9.88 Å². The molecule has 26 heavy (non-hydrogen) atoms. The number of thiazole rings is 1. The summed E-state index contributed by atoms with van der Waals surface area (Å²) in [7, 11) is 0. The minimum atomic E-state index is -0.147. The van der Waals surface area contributed by atoms with Crippen LogP contribution in [0.4, 0.5) is 11.4 Å². The molecule has 1 N–H and O–H groups in total. The van der Waals surface area contributed by atoms with Crippen molar-refractivity contribution >= 4 is 40.0 Å². The first-order valence-corrected chi connectivity index (χ1v) is 10.7. The Kier molecular flexibility index (Phi) is 5.32. The Balaban J connectivity index is 1.53. The quantitative estimate of drug-likeness (QED) is 0.646. The Morgan fingerprint density at radius 2 is 1.81 bits per heavy atom. The lowest BCUT2D eigenvalue weighted by molar-refractivity contribution is 0.102. The highest BCUT2D eigenvalue weighted by Gasteiger charge is 2.17. The Labute approximate surface area is 161 Å². The molecule has 1 amide bonds. The standard InChI is InChI=1S/C20H21N3OS2/c24-19(16-14-26-20(22-16)18-10-7-13-25-18)21-15-8-3-4-9-17(15)23-11-5-1-2-6-12-23/h3-4,7-10,13-14H,1-2,5-6,11-12H2,(H,21,24). The lowest BCUT2D eigenvalue weighted by Crippen LogP contribution is -2.25. The van der Waals surface area contributed by atoms with Crippen molar-refractivity contribution in [3.63, 3.8) is 0 Å². The van der Waals surface area contributed by atoms with Crippen LogP contribution < -0.4 is 10.2 Å². The number of nitrogens with one attached hydrogen (secondary N) is 1. The van der Waals surface area contributed by atoms with Crippen LogP contribution in [0.15, 0.2) is 47.2 Å². The van der Waals surface area contributed by atoms with Crippen LogP contribution >= 0.6 is 22.7 Å². The largest absolute Gasteiger partial charge is 0.370 e. The van der Waals surface area contributed by atoms with Gasteiger partial charge >= 0.3 is 0 Å². The first kappa shape index (κ1) is 17.2. The van der Waals surface area contributed by atoms with E-state index in [-0.39, 0.29) is 5.91 Å². The molecule has 1 aliphatic heterocycles. The molecular formula is C20H21N3OS2. The first-order valence-electron chi connectivity index (χ1n) is 8.96. The number of nitrogens with zero attached hydrogens (tertiary/aromatic N) is 2. The van der Waals surface area contributed by atoms with Crippen molar-refractivity contribution < 1.29 is 4.79 Å². The molecule has 0 bridgehead atoms. The van der Waals surface area contributed by atoms with Gasteiger partial charge in [0.1, 0.15) is 10.7 Å². The summed E-state index contributed by atoms with van der Waals surface area (Å²) in [5, 5.41) is 7.82. The number of benzene rings is 1. The fraction of sp³-hybridized carbons (Fsp3) is 0.300. The first-order chi connectivity index (χ1) is 12.8. The molecule has 4 nitrogen and oxygen atoms in total. The molecule has 2 aromatic heterocycles. The number of thiophene rings is 1. The highest BCUT2D eigenvalue weighted by molar-refractivity contribution is 7.20. The second kappa shape index (κ2) is 8.01. The van der Waals surface area contributed by atoms with Crippen LogP contribution in [0, 0.1) is 0 Å². The molecule has 0 saturated carbocycles. The summed E-state index contributed by atoms with van der Waals surface area (Å²) in [5.74, 6) is -0.147. The predicted octanol–water partition coefficient (Wildman–Crippen LogP) is 5.50. The number of carbonyl (C=O) groups is 1. The van der Waals surface area contributed by atoms with Gasteiger partial charge in [0.2, 0.25) is 0 Å². The van der Waals surface area contributed by atoms with Crippen LogP contribution in [0.1, 0.15) is 36.2 Å². The number of anilines is 2. The van der Waals surface area contributed by atoms with Crippen molar-refractivity contribution in [2.75, 3.05) is 23.3 Å². The Bertz CT molecular complexity index is 865. The van der Waals surface area contributed by atoms with Gasteiger partial charge in [0.25, 0.3) is 5.91 Å². The zero-order valence-corrected chi connectivity index (χ0v) is 16.1. The molecule has 3 aromatic rings. The number of carbonyl (C=O) groups excluding carboxylic acids is 1. The van der Waals surface area contributed by atoms with E-state index in [4.69, 9.17) is 0 Å². The summed E-state index contributed by atoms with van der Waals surface area (Å²) in [6.45, 7) is 2.10. The van der Waals surface area contributed by atoms with E-state index in [0.29, 0.717) is 5.69 Å². The summed E-state index contributed by atoms with van der Waals surface area (Å²) in [4.78, 5) is 20.7. The van der Waals surface area contributed by atoms with Crippen molar-refractivity contribution in [3.05, 3.63) is 52.9 Å². The Morgan fingerprint density at radius 3 is 2.58 bits per heavy atom. The molecule has 0 spiro atoms. The number of hydrogen-bond acceptors (Lipinski definition) is 5. The average Bonchev–Trinajstić information content (AvgIpc) is 3.29. The highest BCUT2D eigenvalue weighted by atomic mass is 32.1. The summed E-state index contributed by atoms with van der Waals surface area (Å²) in [6.07, 6.45) is 4.99. The second-order valence-electron chi connectivity index (χ2n) is 6.39. The van der Waals surface area contributed by atoms with E-state index in [2.05, 4.69) is 21.3 Å². The molecule has 134 valence electrons. The van der Waals surface area contributed by atoms with Crippen LogP contribution in [0.5, 0.6) is 0 Å². The predicted molar refractivity (Wildman–Crippen MR) is 111 cm³/mol. The molecule has 1 aliphatic rings. The highest BCUT2D eigenvalue weighted by Crippen LogP contribution is 2.30. The normalized spacial score (nSPS) is 14.8. The molecule has 0 aliphatic carbocycles. The fourth-order valence-corrected chi connectivity index (χ4v) is 4.86. The van der Waals surface area contributed by atoms with E-state index in [9.17, 15) is 4.79 Å². The molecule has 1 fully saturated rings. The Morgan fingerprint density at radius 1 is 1.00 bits per heavy atom. The van der Waals surface area contributed by atoms with Gasteiger partial charge < -0.3 is 10.2 Å². The smallest absolute Gasteiger partial charge is 0.275 e. The molecule has 1 saturated heterocycles. The van der Waals surface area contributed by atoms with Crippen LogP contribution in [0.25, 0.3) is 9.88 Å². The molecule has 6 heteroatoms. The minimum absolute atomic E-state index is 0.147. The maximum absolute atomic E-state index is 12.7. The van der Waals surface area contributed by atoms with Crippen molar-refractivity contribution in [2.24, 2.45) is 0 Å². The fourth-order valence-electron chi connectivity index (χ4n) is 3.24. The lowest BCUT2D eigenvalue weighted by Gasteiger charge is -2.25. The van der Waals surface area contributed by atoms with Crippen molar-refractivity contribution in [1.82, 2.24) is 4.98 Å². The zero-order valence-electron chi connectivity index (χ0n) is 14.5. The van der Waals surface area contributed by atoms with E-state index in [1.807, 2.05) is 41.1 Å². The van der Waals surface area contributed by atoms with Gasteiger partial charge in [-0.3, -0.25) is 4.79 Å². The second-order valence-corrected chi connectivity index (χ2v) is 8.19. The summed E-state index contributed by atoms with van der Waals surface area (Å²) < 4.78 is 0. The van der Waals surface area contributed by atoms with Crippen LogP contribution in [-0.2, 0) is 0 Å². The number of aromatic nitrogens is 1. The maximum atomic E-state index is 12.7. The van der Waals surface area contributed by atoms with Gasteiger partial charge in [-0.2, -0.15) is 0 Å². The molecular weight excluding hydrogens is 362 g/mol. The third kappa shape index (κ3) is 3.81. The van der Waals surface area contributed by atoms with Crippen LogP contribution in [-0.4, -0.2) is 24.0 Å². The molecule has 3 heterocycles. The monoisotopic (exact) mass is 383 g/mol. The van der Waals surface area contributed by atoms with Gasteiger partial charge in [-0.25, -0.2) is 4.98 Å². The Hall–Kier alpha value is -2.18. The maximum Gasteiger partial charge on any atom is 0.275 e. The number of rotatable bonds is 4. The van der Waals surface area contributed by atoms with Crippen LogP contribution in [0.3, 0.4) is 0 Å². The SMILES string of the molecule is O=C(Nc1ccccc1N1CCCCCC1)c1csc(-c2cccs2)n1. The number of para-hydroxylation sites is 2. The number of amides is 1. The van der Waals surface area contributed by atoms with Gasteiger partial charge in [-0.15, -0.1) is 22.7 Å². The number of hydrogen-bond donors (Lipinski definition) is 1. The summed E-state index contributed by atoms with van der Waals surface area (Å²) >= 11 is 3.15. The van der Waals surface area contributed by atoms with E-state index >= 15 is 0 Å². The minimum Gasteiger partial charge on any atom is -0.370 e. The van der Waals surface area contributed by atoms with E-state index in [0.717, 1.165) is 34.3 Å². The molecule has 1 aromatic carbocycles. The van der Waals surface area contributed by atoms with E-state index < -0.39 is 0 Å². The lowest BCUT2D eigenvalue weighted by atomic mass is 10.2. The molecule has 0 atom stereocenters. The third-order valence-corrected chi connectivity index (χ3v) is 6.45. The van der Waals surface area contributed by atoms with Gasteiger partial charge in [0.05, 0.1) is 16.3 Å². The molecule has 4 rings (SSSR count). The molecule has 0 radical (unpaired) electrons. The van der Waals surface area contributed by atoms with Gasteiger partial charge in [0, 0.05) is 18.5 Å². The van der Waals surface area contributed by atoms with E-state index in [1.165, 1.54) is 37.0 Å². The van der Waals surface area contributed by atoms with Gasteiger partial charge in [-0.1, -0.05) is 31.0 Å². The zero-order chi connectivity index (χ0) is 17.8. The van der Waals surface area contributed by atoms with Gasteiger partial charge in [0.15, 0.2) is 0 Å². The van der Waals surface area contributed by atoms with Gasteiger partial charge in [-0.05, 0) is 36.4 Å². The average molecular weight is 384 g/mol. The van der Waals surface area contributed by atoms with Crippen molar-refractivity contribution in [1.29, 1.82) is 0 Å². The molecule has 0 unspecified atom stereocenters. The summed E-state index contributed by atoms with van der Waals surface area (Å²) in [6, 6.07) is 12.1. The van der Waals surface area contributed by atoms with E-state index in [1.54, 1.807) is 11.3 Å².